The molecule has 2 amide bonds. The molecule has 1 saturated carbocycles. The quantitative estimate of drug-likeness (QED) is 0.861. The molecule has 0 bridgehead atoms. The molecule has 1 aliphatic carbocycles. The second kappa shape index (κ2) is 6.38. The standard InChI is InChI=1S/C17H23N3O2/c1-3-6-15-20-14-8-5-7-12(16(14)22-15)13-9-11(13)10-19-17(21)18-4-2/h5,7-8,11,13H,3-4,6,9-10H2,1-2H3,(H2,18,19,21)/t11-,13+/m0/s1. The zero-order valence-electron chi connectivity index (χ0n) is 13.2. The van der Waals surface area contributed by atoms with Crippen molar-refractivity contribution >= 4 is 17.1 Å². The number of urea groups is 1. The number of aromatic nitrogens is 1. The zero-order valence-corrected chi connectivity index (χ0v) is 13.2. The summed E-state index contributed by atoms with van der Waals surface area (Å²) in [5.74, 6) is 1.78. The summed E-state index contributed by atoms with van der Waals surface area (Å²) < 4.78 is 5.94. The van der Waals surface area contributed by atoms with Crippen molar-refractivity contribution in [1.82, 2.24) is 15.6 Å². The van der Waals surface area contributed by atoms with Crippen molar-refractivity contribution in [3.05, 3.63) is 29.7 Å². The topological polar surface area (TPSA) is 67.2 Å². The maximum Gasteiger partial charge on any atom is 0.314 e. The van der Waals surface area contributed by atoms with Crippen molar-refractivity contribution in [3.8, 4) is 0 Å². The average Bonchev–Trinajstić information content (AvgIpc) is 3.15. The van der Waals surface area contributed by atoms with Crippen LogP contribution in [-0.2, 0) is 6.42 Å². The first kappa shape index (κ1) is 14.9. The van der Waals surface area contributed by atoms with Crippen LogP contribution in [0.2, 0.25) is 0 Å². The van der Waals surface area contributed by atoms with Gasteiger partial charge in [-0.2, -0.15) is 0 Å². The largest absolute Gasteiger partial charge is 0.440 e. The number of carbonyl (C=O) groups is 1. The highest BCUT2D eigenvalue weighted by molar-refractivity contribution is 5.77. The van der Waals surface area contributed by atoms with Crippen molar-refractivity contribution < 1.29 is 9.21 Å². The highest BCUT2D eigenvalue weighted by Crippen LogP contribution is 2.49. The molecular formula is C17H23N3O2. The van der Waals surface area contributed by atoms with Crippen molar-refractivity contribution in [2.75, 3.05) is 13.1 Å². The minimum atomic E-state index is -0.0868. The van der Waals surface area contributed by atoms with Gasteiger partial charge in [-0.3, -0.25) is 0 Å². The molecule has 118 valence electrons. The predicted octanol–water partition coefficient (Wildman–Crippen LogP) is 3.20. The Bertz CT molecular complexity index is 665. The molecule has 5 heteroatoms. The molecule has 0 unspecified atom stereocenters. The van der Waals surface area contributed by atoms with Crippen LogP contribution in [0.4, 0.5) is 4.79 Å². The molecule has 1 fully saturated rings. The van der Waals surface area contributed by atoms with Gasteiger partial charge in [-0.1, -0.05) is 19.1 Å². The van der Waals surface area contributed by atoms with Gasteiger partial charge in [0.05, 0.1) is 0 Å². The molecule has 1 aromatic carbocycles. The minimum Gasteiger partial charge on any atom is -0.440 e. The van der Waals surface area contributed by atoms with Crippen LogP contribution in [0.5, 0.6) is 0 Å². The van der Waals surface area contributed by atoms with E-state index in [0.717, 1.165) is 36.3 Å². The molecule has 2 N–H and O–H groups in total. The third-order valence-corrected chi connectivity index (χ3v) is 4.14. The second-order valence-electron chi connectivity index (χ2n) is 5.90. The molecule has 0 radical (unpaired) electrons. The molecule has 5 nitrogen and oxygen atoms in total. The lowest BCUT2D eigenvalue weighted by atomic mass is 10.1. The lowest BCUT2D eigenvalue weighted by Gasteiger charge is -2.05. The van der Waals surface area contributed by atoms with Gasteiger partial charge in [0.1, 0.15) is 5.52 Å². The number of hydrogen-bond acceptors (Lipinski definition) is 3. The Morgan fingerprint density at radius 2 is 2.23 bits per heavy atom. The zero-order chi connectivity index (χ0) is 15.5. The van der Waals surface area contributed by atoms with E-state index < -0.39 is 0 Å². The molecule has 1 heterocycles. The Balaban J connectivity index is 1.68. The first-order valence-corrected chi connectivity index (χ1v) is 8.13. The van der Waals surface area contributed by atoms with Crippen LogP contribution in [-0.4, -0.2) is 24.1 Å². The molecular weight excluding hydrogens is 278 g/mol. The number of benzene rings is 1. The third kappa shape index (κ3) is 3.08. The molecule has 1 aromatic heterocycles. The number of para-hydroxylation sites is 1. The summed E-state index contributed by atoms with van der Waals surface area (Å²) >= 11 is 0. The van der Waals surface area contributed by atoms with Crippen molar-refractivity contribution in [3.63, 3.8) is 0 Å². The van der Waals surface area contributed by atoms with Gasteiger partial charge in [0.2, 0.25) is 0 Å². The Labute approximate surface area is 130 Å². The van der Waals surface area contributed by atoms with E-state index >= 15 is 0 Å². The van der Waals surface area contributed by atoms with Crippen molar-refractivity contribution in [1.29, 1.82) is 0 Å². The average molecular weight is 301 g/mol. The fourth-order valence-corrected chi connectivity index (χ4v) is 2.93. The maximum absolute atomic E-state index is 11.5. The predicted molar refractivity (Wildman–Crippen MR) is 85.9 cm³/mol. The van der Waals surface area contributed by atoms with Crippen LogP contribution in [0.25, 0.3) is 11.1 Å². The lowest BCUT2D eigenvalue weighted by molar-refractivity contribution is 0.241. The van der Waals surface area contributed by atoms with E-state index in [1.165, 1.54) is 5.56 Å². The highest BCUT2D eigenvalue weighted by atomic mass is 16.3. The number of nitrogens with one attached hydrogen (secondary N) is 2. The Kier molecular flexibility index (Phi) is 4.32. The van der Waals surface area contributed by atoms with Crippen LogP contribution in [0.3, 0.4) is 0 Å². The minimum absolute atomic E-state index is 0.0868. The van der Waals surface area contributed by atoms with Gasteiger partial charge in [0.15, 0.2) is 11.5 Å². The lowest BCUT2D eigenvalue weighted by Crippen LogP contribution is -2.36. The van der Waals surface area contributed by atoms with Crippen LogP contribution in [0.1, 0.15) is 44.1 Å². The molecule has 1 aliphatic rings. The summed E-state index contributed by atoms with van der Waals surface area (Å²) in [6.07, 6.45) is 3.00. The smallest absolute Gasteiger partial charge is 0.314 e. The van der Waals surface area contributed by atoms with E-state index in [0.29, 0.717) is 24.9 Å². The van der Waals surface area contributed by atoms with E-state index in [9.17, 15) is 4.79 Å². The maximum atomic E-state index is 11.5. The second-order valence-corrected chi connectivity index (χ2v) is 5.90. The molecule has 2 atom stereocenters. The molecule has 0 saturated heterocycles. The third-order valence-electron chi connectivity index (χ3n) is 4.14. The molecule has 0 aliphatic heterocycles. The van der Waals surface area contributed by atoms with E-state index in [1.807, 2.05) is 19.1 Å². The molecule has 22 heavy (non-hydrogen) atoms. The van der Waals surface area contributed by atoms with E-state index in [1.54, 1.807) is 0 Å². The van der Waals surface area contributed by atoms with Gasteiger partial charge in [-0.25, -0.2) is 9.78 Å². The number of hydrogen-bond donors (Lipinski definition) is 2. The van der Waals surface area contributed by atoms with Crippen LogP contribution < -0.4 is 10.6 Å². The number of oxazole rings is 1. The Morgan fingerprint density at radius 1 is 1.36 bits per heavy atom. The molecule has 3 rings (SSSR count). The van der Waals surface area contributed by atoms with Crippen molar-refractivity contribution in [2.24, 2.45) is 5.92 Å². The normalized spacial score (nSPS) is 20.1. The van der Waals surface area contributed by atoms with Gasteiger partial charge in [-0.15, -0.1) is 0 Å². The highest BCUT2D eigenvalue weighted by Gasteiger charge is 2.40. The summed E-state index contributed by atoms with van der Waals surface area (Å²) in [5, 5.41) is 5.67. The summed E-state index contributed by atoms with van der Waals surface area (Å²) in [5.41, 5.74) is 3.11. The van der Waals surface area contributed by atoms with Gasteiger partial charge in [0.25, 0.3) is 0 Å². The monoisotopic (exact) mass is 301 g/mol. The van der Waals surface area contributed by atoms with E-state index in [-0.39, 0.29) is 6.03 Å². The number of carbonyl (C=O) groups excluding carboxylic acids is 1. The Morgan fingerprint density at radius 3 is 3.00 bits per heavy atom. The van der Waals surface area contributed by atoms with E-state index in [4.69, 9.17) is 4.42 Å². The van der Waals surface area contributed by atoms with Crippen LogP contribution >= 0.6 is 0 Å². The fraction of sp³-hybridized carbons (Fsp3) is 0.529. The van der Waals surface area contributed by atoms with Gasteiger partial charge >= 0.3 is 6.03 Å². The summed E-state index contributed by atoms with van der Waals surface area (Å²) in [7, 11) is 0. The number of rotatable bonds is 6. The number of fused-ring (bicyclic) bond motifs is 1. The number of nitrogens with zero attached hydrogens (tertiary/aromatic N) is 1. The van der Waals surface area contributed by atoms with Crippen LogP contribution in [0.15, 0.2) is 22.6 Å². The van der Waals surface area contributed by atoms with Gasteiger partial charge < -0.3 is 15.1 Å². The summed E-state index contributed by atoms with van der Waals surface area (Å²) in [4.78, 5) is 16.0. The molecule has 0 spiro atoms. The fourth-order valence-electron chi connectivity index (χ4n) is 2.93. The van der Waals surface area contributed by atoms with Crippen LogP contribution in [0, 0.1) is 5.92 Å². The number of amides is 2. The summed E-state index contributed by atoms with van der Waals surface area (Å²) in [6, 6.07) is 6.09. The first-order chi connectivity index (χ1) is 10.7. The number of aryl methyl sites for hydroxylation is 1. The van der Waals surface area contributed by atoms with Gasteiger partial charge in [0, 0.05) is 25.1 Å². The van der Waals surface area contributed by atoms with Gasteiger partial charge in [-0.05, 0) is 37.7 Å². The first-order valence-electron chi connectivity index (χ1n) is 8.13. The van der Waals surface area contributed by atoms with Crippen molar-refractivity contribution in [2.45, 2.75) is 39.0 Å². The summed E-state index contributed by atoms with van der Waals surface area (Å²) in [6.45, 7) is 5.40. The SMILES string of the molecule is CCCc1nc2cccc([C@@H]3C[C@H]3CNC(=O)NCC)c2o1. The van der Waals surface area contributed by atoms with E-state index in [2.05, 4.69) is 28.6 Å². The molecule has 2 aromatic rings. The Hall–Kier alpha value is -2.04.